The average Bonchev–Trinajstić information content (AvgIpc) is 3.46. The number of rotatable bonds is 5. The van der Waals surface area contributed by atoms with Crippen molar-refractivity contribution in [2.24, 2.45) is 0 Å². The van der Waals surface area contributed by atoms with Gasteiger partial charge in [-0.25, -0.2) is 4.98 Å². The monoisotopic (exact) mass is 429 g/mol. The summed E-state index contributed by atoms with van der Waals surface area (Å²) < 4.78 is 1.55. The lowest BCUT2D eigenvalue weighted by atomic mass is 10.1. The van der Waals surface area contributed by atoms with E-state index in [0.29, 0.717) is 71.6 Å². The minimum absolute atomic E-state index is 0.267. The number of aromatic nitrogens is 4. The van der Waals surface area contributed by atoms with Crippen molar-refractivity contribution in [3.8, 4) is 0 Å². The summed E-state index contributed by atoms with van der Waals surface area (Å²) in [5, 5.41) is 21.3. The van der Waals surface area contributed by atoms with Crippen LogP contribution in [-0.4, -0.2) is 49.9 Å². The van der Waals surface area contributed by atoms with Crippen LogP contribution in [0.4, 0.5) is 34.6 Å². The van der Waals surface area contributed by atoms with E-state index in [-0.39, 0.29) is 6.10 Å². The van der Waals surface area contributed by atoms with E-state index in [1.807, 2.05) is 6.07 Å². The molecule has 11 heteroatoms. The second-order valence-corrected chi connectivity index (χ2v) is 8.24. The number of aliphatic hydroxyl groups is 1. The molecule has 2 aromatic heterocycles. The van der Waals surface area contributed by atoms with Crippen LogP contribution in [0.1, 0.15) is 25.7 Å². The van der Waals surface area contributed by atoms with Crippen LogP contribution >= 0.6 is 11.6 Å². The van der Waals surface area contributed by atoms with Gasteiger partial charge in [-0.15, -0.1) is 5.10 Å². The second-order valence-electron chi connectivity index (χ2n) is 7.87. The van der Waals surface area contributed by atoms with Crippen LogP contribution in [-0.2, 0) is 0 Å². The molecule has 5 rings (SSSR count). The standard InChI is InChI=1S/C19H24ClN9O/c20-16-13(7-10(21)8-14(16)28-5-3-12(30)4-6-28)25-19-26-17(24-11-1-2-11)18-23-9-15(22)29(18)27-19/h7-9,11-12,30H,1-6,21-22H2,(H2,24,25,26,27). The largest absolute Gasteiger partial charge is 0.399 e. The minimum Gasteiger partial charge on any atom is -0.399 e. The van der Waals surface area contributed by atoms with Crippen LogP contribution in [0, 0.1) is 0 Å². The fourth-order valence-corrected chi connectivity index (χ4v) is 3.92. The maximum absolute atomic E-state index is 9.79. The highest BCUT2D eigenvalue weighted by Crippen LogP contribution is 2.38. The lowest BCUT2D eigenvalue weighted by Crippen LogP contribution is -2.36. The van der Waals surface area contributed by atoms with Gasteiger partial charge in [0.15, 0.2) is 11.5 Å². The zero-order valence-corrected chi connectivity index (χ0v) is 17.1. The Morgan fingerprint density at radius 3 is 2.63 bits per heavy atom. The number of fused-ring (bicyclic) bond motifs is 1. The van der Waals surface area contributed by atoms with E-state index >= 15 is 0 Å². The maximum atomic E-state index is 9.79. The molecule has 3 heterocycles. The van der Waals surface area contributed by atoms with Crippen LogP contribution in [0.3, 0.4) is 0 Å². The van der Waals surface area contributed by atoms with E-state index in [0.717, 1.165) is 18.5 Å². The number of benzene rings is 1. The van der Waals surface area contributed by atoms with E-state index in [2.05, 4.69) is 30.6 Å². The van der Waals surface area contributed by atoms with E-state index in [9.17, 15) is 5.11 Å². The molecule has 158 valence electrons. The highest BCUT2D eigenvalue weighted by molar-refractivity contribution is 6.36. The van der Waals surface area contributed by atoms with Crippen LogP contribution < -0.4 is 27.0 Å². The zero-order valence-electron chi connectivity index (χ0n) is 16.3. The van der Waals surface area contributed by atoms with Gasteiger partial charge in [-0.05, 0) is 37.8 Å². The third-order valence-electron chi connectivity index (χ3n) is 5.43. The average molecular weight is 430 g/mol. The number of hydrogen-bond acceptors (Lipinski definition) is 9. The topological polar surface area (TPSA) is 143 Å². The number of anilines is 6. The Kier molecular flexibility index (Phi) is 4.67. The zero-order chi connectivity index (χ0) is 20.8. The molecule has 1 saturated heterocycles. The normalized spacial score (nSPS) is 17.5. The second kappa shape index (κ2) is 7.37. The van der Waals surface area contributed by atoms with Crippen molar-refractivity contribution < 1.29 is 5.11 Å². The predicted octanol–water partition coefficient (Wildman–Crippen LogP) is 2.22. The van der Waals surface area contributed by atoms with Crippen molar-refractivity contribution >= 4 is 51.9 Å². The fourth-order valence-electron chi connectivity index (χ4n) is 3.65. The lowest BCUT2D eigenvalue weighted by Gasteiger charge is -2.32. The Morgan fingerprint density at radius 1 is 1.13 bits per heavy atom. The molecule has 2 fully saturated rings. The van der Waals surface area contributed by atoms with E-state index in [1.54, 1.807) is 16.8 Å². The third kappa shape index (κ3) is 3.63. The molecule has 10 nitrogen and oxygen atoms in total. The summed E-state index contributed by atoms with van der Waals surface area (Å²) in [5.74, 6) is 1.38. The molecule has 1 saturated carbocycles. The first kappa shape index (κ1) is 19.0. The summed E-state index contributed by atoms with van der Waals surface area (Å²) in [7, 11) is 0. The highest BCUT2D eigenvalue weighted by Gasteiger charge is 2.25. The minimum atomic E-state index is -0.267. The molecule has 30 heavy (non-hydrogen) atoms. The molecule has 1 aliphatic carbocycles. The highest BCUT2D eigenvalue weighted by atomic mass is 35.5. The molecular weight excluding hydrogens is 406 g/mol. The van der Waals surface area contributed by atoms with E-state index in [4.69, 9.17) is 23.1 Å². The summed E-state index contributed by atoms with van der Waals surface area (Å²) in [6.07, 6.45) is 4.89. The Labute approximate surface area is 178 Å². The molecule has 0 bridgehead atoms. The summed E-state index contributed by atoms with van der Waals surface area (Å²) in [6, 6.07) is 4.00. The van der Waals surface area contributed by atoms with Gasteiger partial charge >= 0.3 is 0 Å². The molecule has 0 amide bonds. The van der Waals surface area contributed by atoms with Gasteiger partial charge in [0.2, 0.25) is 5.95 Å². The molecular formula is C19H24ClN9O. The smallest absolute Gasteiger partial charge is 0.247 e. The summed E-state index contributed by atoms with van der Waals surface area (Å²) in [4.78, 5) is 11.0. The van der Waals surface area contributed by atoms with Crippen LogP contribution in [0.5, 0.6) is 0 Å². The van der Waals surface area contributed by atoms with Crippen molar-refractivity contribution in [1.82, 2.24) is 19.6 Å². The molecule has 0 spiro atoms. The molecule has 2 aliphatic rings. The van der Waals surface area contributed by atoms with E-state index in [1.165, 1.54) is 0 Å². The van der Waals surface area contributed by atoms with Gasteiger partial charge in [0.05, 0.1) is 28.7 Å². The van der Waals surface area contributed by atoms with Gasteiger partial charge in [0.25, 0.3) is 0 Å². The summed E-state index contributed by atoms with van der Waals surface area (Å²) in [6.45, 7) is 1.43. The quantitative estimate of drug-likeness (QED) is 0.385. The maximum Gasteiger partial charge on any atom is 0.247 e. The van der Waals surface area contributed by atoms with Crippen molar-refractivity contribution in [1.29, 1.82) is 0 Å². The van der Waals surface area contributed by atoms with Crippen molar-refractivity contribution in [2.75, 3.05) is 40.1 Å². The Bertz CT molecular complexity index is 1090. The molecule has 0 unspecified atom stereocenters. The van der Waals surface area contributed by atoms with Gasteiger partial charge in [-0.1, -0.05) is 11.6 Å². The number of piperidine rings is 1. The molecule has 0 radical (unpaired) electrons. The first-order valence-electron chi connectivity index (χ1n) is 10.0. The van der Waals surface area contributed by atoms with Gasteiger partial charge in [0, 0.05) is 24.8 Å². The third-order valence-corrected chi connectivity index (χ3v) is 5.83. The number of imidazole rings is 1. The Morgan fingerprint density at radius 2 is 1.90 bits per heavy atom. The van der Waals surface area contributed by atoms with E-state index < -0.39 is 0 Å². The lowest BCUT2D eigenvalue weighted by molar-refractivity contribution is 0.145. The first-order chi connectivity index (χ1) is 14.5. The van der Waals surface area contributed by atoms with Crippen molar-refractivity contribution in [3.63, 3.8) is 0 Å². The SMILES string of the molecule is Nc1cc(Nc2nc(NC3CC3)c3ncc(N)n3n2)c(Cl)c(N2CCC(O)CC2)c1. The first-order valence-corrected chi connectivity index (χ1v) is 10.4. The van der Waals surface area contributed by atoms with Gasteiger partial charge < -0.3 is 32.1 Å². The number of hydrogen-bond donors (Lipinski definition) is 5. The number of aliphatic hydroxyl groups excluding tert-OH is 1. The molecule has 0 atom stereocenters. The van der Waals surface area contributed by atoms with Crippen molar-refractivity contribution in [3.05, 3.63) is 23.4 Å². The molecule has 1 aromatic carbocycles. The predicted molar refractivity (Wildman–Crippen MR) is 118 cm³/mol. The van der Waals surface area contributed by atoms with Crippen LogP contribution in [0.2, 0.25) is 5.02 Å². The summed E-state index contributed by atoms with van der Waals surface area (Å²) >= 11 is 6.73. The fraction of sp³-hybridized carbons (Fsp3) is 0.421. The van der Waals surface area contributed by atoms with Crippen LogP contribution in [0.25, 0.3) is 5.65 Å². The number of nitrogen functional groups attached to an aromatic ring is 2. The Hall–Kier alpha value is -2.98. The number of nitrogens with one attached hydrogen (secondary N) is 2. The van der Waals surface area contributed by atoms with Gasteiger partial charge in [-0.3, -0.25) is 0 Å². The summed E-state index contributed by atoms with van der Waals surface area (Å²) in [5.41, 5.74) is 14.8. The number of nitrogens with zero attached hydrogens (tertiary/aromatic N) is 5. The number of nitrogens with two attached hydrogens (primary N) is 2. The number of halogens is 1. The Balaban J connectivity index is 1.49. The molecule has 7 N–H and O–H groups in total. The van der Waals surface area contributed by atoms with Crippen LogP contribution in [0.15, 0.2) is 18.3 Å². The van der Waals surface area contributed by atoms with Gasteiger partial charge in [-0.2, -0.15) is 9.50 Å². The molecule has 3 aromatic rings. The van der Waals surface area contributed by atoms with Crippen molar-refractivity contribution in [2.45, 2.75) is 37.8 Å². The van der Waals surface area contributed by atoms with Gasteiger partial charge in [0.1, 0.15) is 5.82 Å². The molecule has 1 aliphatic heterocycles.